The molecule has 284 valence electrons. The van der Waals surface area contributed by atoms with Crippen LogP contribution in [0.15, 0.2) is 65.7 Å². The van der Waals surface area contributed by atoms with Crippen molar-refractivity contribution in [3.8, 4) is 22.5 Å². The monoisotopic (exact) mass is 722 g/mol. The van der Waals surface area contributed by atoms with Gasteiger partial charge in [0.25, 0.3) is 5.91 Å². The summed E-state index contributed by atoms with van der Waals surface area (Å²) in [4.78, 5) is 69.7. The Morgan fingerprint density at radius 3 is 1.73 bits per heavy atom. The number of nitrogens with zero attached hydrogens (tertiary/aromatic N) is 2. The second kappa shape index (κ2) is 26.0. The van der Waals surface area contributed by atoms with Gasteiger partial charge in [-0.1, -0.05) is 60.7 Å². The van der Waals surface area contributed by atoms with Crippen LogP contribution in [0.3, 0.4) is 0 Å². The highest BCUT2D eigenvalue weighted by Gasteiger charge is 2.30. The van der Waals surface area contributed by atoms with Crippen LogP contribution >= 0.6 is 0 Å². The SMILES string of the molecule is CC(=O)NC(C=O)CCCN=C(N)N.CC=O.CN.CNc1c(C(=O)NC(C=O)CCC(=O)O)c(-c2ccccc2)n(C(C)C)c1-c1ccccc1. The molecular weight excluding hydrogens is 668 g/mol. The fourth-order valence-corrected chi connectivity index (χ4v) is 4.98. The molecule has 0 aliphatic rings. The molecule has 1 aromatic heterocycles. The molecule has 0 aliphatic heterocycles. The van der Waals surface area contributed by atoms with Crippen LogP contribution in [-0.4, -0.2) is 85.0 Å². The van der Waals surface area contributed by atoms with Gasteiger partial charge in [0.1, 0.15) is 18.9 Å². The van der Waals surface area contributed by atoms with Crippen LogP contribution in [0.25, 0.3) is 22.5 Å². The van der Waals surface area contributed by atoms with Crippen molar-refractivity contribution in [2.75, 3.05) is 26.0 Å². The molecule has 0 saturated heterocycles. The lowest BCUT2D eigenvalue weighted by atomic mass is 10.0. The number of anilines is 1. The Balaban J connectivity index is 0.00000114. The zero-order valence-corrected chi connectivity index (χ0v) is 30.8. The van der Waals surface area contributed by atoms with E-state index in [-0.39, 0.29) is 30.8 Å². The molecule has 10 N–H and O–H groups in total. The van der Waals surface area contributed by atoms with Gasteiger partial charge >= 0.3 is 5.97 Å². The first kappa shape index (κ1) is 46.2. The molecule has 0 fully saturated rings. The summed E-state index contributed by atoms with van der Waals surface area (Å²) in [5.41, 5.74) is 19.2. The van der Waals surface area contributed by atoms with Crippen molar-refractivity contribution in [1.82, 2.24) is 15.2 Å². The predicted molar refractivity (Wildman–Crippen MR) is 205 cm³/mol. The summed E-state index contributed by atoms with van der Waals surface area (Å²) in [6.07, 6.45) is 3.05. The molecule has 0 spiro atoms. The Morgan fingerprint density at radius 2 is 1.33 bits per heavy atom. The van der Waals surface area contributed by atoms with Crippen molar-refractivity contribution in [3.05, 3.63) is 66.2 Å². The summed E-state index contributed by atoms with van der Waals surface area (Å²) in [5, 5.41) is 17.4. The number of carboxylic acids is 1. The standard InChI is InChI=1S/C26H29N3O4.C8H16N4O2.C2H4O.CH5N/c1-17(2)29-24(18-10-6-4-7-11-18)22(26(33)28-20(16-30)14-15-21(31)32)23(27-3)25(29)19-12-8-5-9-13-19;1-6(14)12-7(5-13)3-2-4-11-8(9)10;1-2-3;1-2/h4-13,16-17,20,27H,14-15H2,1-3H3,(H,28,33)(H,31,32);5,7H,2-4H2,1H3,(H,12,14)(H4,9,10,11);2H,1H3;2H2,1H3. The minimum Gasteiger partial charge on any atom is -0.481 e. The molecule has 15 nitrogen and oxygen atoms in total. The van der Waals surface area contributed by atoms with Gasteiger partial charge in [-0.05, 0) is 52.6 Å². The third-order valence-corrected chi connectivity index (χ3v) is 6.96. The van der Waals surface area contributed by atoms with Gasteiger partial charge < -0.3 is 57.2 Å². The van der Waals surface area contributed by atoms with E-state index < -0.39 is 24.0 Å². The lowest BCUT2D eigenvalue weighted by molar-refractivity contribution is -0.137. The molecule has 0 saturated carbocycles. The van der Waals surface area contributed by atoms with Gasteiger partial charge in [0.2, 0.25) is 5.91 Å². The van der Waals surface area contributed by atoms with Crippen molar-refractivity contribution >= 4 is 48.3 Å². The maximum Gasteiger partial charge on any atom is 0.303 e. The van der Waals surface area contributed by atoms with Crippen LogP contribution in [0.4, 0.5) is 5.69 Å². The Morgan fingerprint density at radius 1 is 0.846 bits per heavy atom. The molecule has 3 aromatic rings. The number of carbonyl (C=O) groups excluding carboxylic acids is 5. The quantitative estimate of drug-likeness (QED) is 0.0489. The Labute approximate surface area is 305 Å². The summed E-state index contributed by atoms with van der Waals surface area (Å²) in [6, 6.07) is 18.1. The molecule has 0 radical (unpaired) electrons. The Kier molecular flexibility index (Phi) is 23.1. The second-order valence-electron chi connectivity index (χ2n) is 11.2. The highest BCUT2D eigenvalue weighted by molar-refractivity contribution is 6.10. The number of hydrogen-bond donors (Lipinski definition) is 7. The van der Waals surface area contributed by atoms with Crippen LogP contribution in [-0.2, 0) is 24.0 Å². The van der Waals surface area contributed by atoms with Gasteiger partial charge in [-0.2, -0.15) is 0 Å². The molecule has 2 aromatic carbocycles. The average molecular weight is 723 g/mol. The summed E-state index contributed by atoms with van der Waals surface area (Å²) in [6.45, 7) is 7.39. The number of nitrogens with two attached hydrogens (primary N) is 3. The fourth-order valence-electron chi connectivity index (χ4n) is 4.98. The molecule has 0 bridgehead atoms. The van der Waals surface area contributed by atoms with Gasteiger partial charge in [0, 0.05) is 38.5 Å². The number of aliphatic carboxylic acids is 1. The zero-order valence-electron chi connectivity index (χ0n) is 30.8. The summed E-state index contributed by atoms with van der Waals surface area (Å²) < 4.78 is 2.12. The number of guanidine groups is 1. The van der Waals surface area contributed by atoms with Crippen molar-refractivity contribution < 1.29 is 33.9 Å². The molecule has 52 heavy (non-hydrogen) atoms. The van der Waals surface area contributed by atoms with Crippen LogP contribution in [0.5, 0.6) is 0 Å². The number of aldehydes is 3. The normalized spacial score (nSPS) is 10.9. The first-order valence-electron chi connectivity index (χ1n) is 16.7. The van der Waals surface area contributed by atoms with E-state index in [1.165, 1.54) is 20.9 Å². The number of carboxylic acid groups (broad SMARTS) is 1. The van der Waals surface area contributed by atoms with Crippen LogP contribution < -0.4 is 33.2 Å². The van der Waals surface area contributed by atoms with Gasteiger partial charge in [-0.3, -0.25) is 19.4 Å². The molecule has 3 rings (SSSR count). The van der Waals surface area contributed by atoms with E-state index in [1.807, 2.05) is 60.7 Å². The zero-order chi connectivity index (χ0) is 39.6. The maximum atomic E-state index is 13.6. The predicted octanol–water partition coefficient (Wildman–Crippen LogP) is 3.13. The van der Waals surface area contributed by atoms with Gasteiger partial charge in [0.15, 0.2) is 5.96 Å². The molecule has 2 amide bonds. The van der Waals surface area contributed by atoms with Crippen molar-refractivity contribution in [2.45, 2.75) is 71.5 Å². The number of carbonyl (C=O) groups is 6. The minimum absolute atomic E-state index is 0.0244. The molecule has 2 unspecified atom stereocenters. The number of rotatable bonds is 16. The summed E-state index contributed by atoms with van der Waals surface area (Å²) >= 11 is 0. The Bertz CT molecular complexity index is 1570. The lowest BCUT2D eigenvalue weighted by Crippen LogP contribution is -2.36. The molecule has 2 atom stereocenters. The summed E-state index contributed by atoms with van der Waals surface area (Å²) in [7, 11) is 3.26. The first-order valence-corrected chi connectivity index (χ1v) is 16.7. The van der Waals surface area contributed by atoms with E-state index in [9.17, 15) is 24.0 Å². The minimum atomic E-state index is -1.02. The van der Waals surface area contributed by atoms with E-state index in [2.05, 4.69) is 45.1 Å². The highest BCUT2D eigenvalue weighted by Crippen LogP contribution is 2.43. The van der Waals surface area contributed by atoms with E-state index in [1.54, 1.807) is 7.05 Å². The molecule has 0 aliphatic carbocycles. The topological polar surface area (TPSA) is 254 Å². The van der Waals surface area contributed by atoms with Crippen molar-refractivity contribution in [2.24, 2.45) is 22.2 Å². The van der Waals surface area contributed by atoms with Gasteiger partial charge in [0.05, 0.1) is 34.7 Å². The number of aliphatic imine (C=N–C) groups is 1. The second-order valence-corrected chi connectivity index (χ2v) is 11.2. The number of nitrogens with one attached hydrogen (secondary N) is 3. The number of benzene rings is 2. The molecule has 15 heteroatoms. The van der Waals surface area contributed by atoms with E-state index in [0.29, 0.717) is 43.2 Å². The fraction of sp³-hybridized carbons (Fsp3) is 0.378. The van der Waals surface area contributed by atoms with Gasteiger partial charge in [-0.25, -0.2) is 0 Å². The molecular formula is C37H54N8O7. The largest absolute Gasteiger partial charge is 0.481 e. The van der Waals surface area contributed by atoms with Gasteiger partial charge in [-0.15, -0.1) is 0 Å². The van der Waals surface area contributed by atoms with Crippen LogP contribution in [0.2, 0.25) is 0 Å². The Hall–Kier alpha value is -5.83. The van der Waals surface area contributed by atoms with Crippen molar-refractivity contribution in [3.63, 3.8) is 0 Å². The molecule has 1 heterocycles. The number of aromatic nitrogens is 1. The van der Waals surface area contributed by atoms with Crippen LogP contribution in [0.1, 0.15) is 69.8 Å². The highest BCUT2D eigenvalue weighted by atomic mass is 16.4. The van der Waals surface area contributed by atoms with E-state index >= 15 is 0 Å². The maximum absolute atomic E-state index is 13.6. The smallest absolute Gasteiger partial charge is 0.303 e. The van der Waals surface area contributed by atoms with Crippen molar-refractivity contribution in [1.29, 1.82) is 0 Å². The van der Waals surface area contributed by atoms with E-state index in [0.717, 1.165) is 28.8 Å². The third kappa shape index (κ3) is 15.8. The lowest BCUT2D eigenvalue weighted by Gasteiger charge is -2.19. The summed E-state index contributed by atoms with van der Waals surface area (Å²) in [5.74, 6) is -1.64. The first-order chi connectivity index (χ1) is 24.9. The van der Waals surface area contributed by atoms with E-state index in [4.69, 9.17) is 21.4 Å². The average Bonchev–Trinajstić information content (AvgIpc) is 3.49. The number of amides is 2. The van der Waals surface area contributed by atoms with Crippen LogP contribution in [0, 0.1) is 0 Å². The third-order valence-electron chi connectivity index (χ3n) is 6.96. The number of hydrogen-bond acceptors (Lipinski definition) is 9.